The molecule has 4 fully saturated rings. The van der Waals surface area contributed by atoms with E-state index in [1.807, 2.05) is 0 Å². The van der Waals surface area contributed by atoms with Gasteiger partial charge in [-0.05, 0) is 103 Å². The lowest BCUT2D eigenvalue weighted by Crippen LogP contribution is -2.42. The molecule has 30 heavy (non-hydrogen) atoms. The minimum absolute atomic E-state index is 0.229. The zero-order chi connectivity index (χ0) is 20.8. The summed E-state index contributed by atoms with van der Waals surface area (Å²) in [5, 5.41) is 31.2. The van der Waals surface area contributed by atoms with E-state index in [9.17, 15) is 15.3 Å². The lowest BCUT2D eigenvalue weighted by molar-refractivity contribution is 0.00924. The monoisotopic (exact) mass is 412 g/mol. The molecule has 1 spiro atoms. The fraction of sp³-hybridized carbons (Fsp3) is 0.852. The summed E-state index contributed by atoms with van der Waals surface area (Å²) in [6, 6.07) is 0. The number of hydrogen-bond acceptors (Lipinski definition) is 3. The van der Waals surface area contributed by atoms with E-state index >= 15 is 0 Å². The third-order valence-electron chi connectivity index (χ3n) is 10.9. The number of hydrogen-bond donors (Lipinski definition) is 3. The van der Waals surface area contributed by atoms with Crippen LogP contribution in [0.4, 0.5) is 0 Å². The first kappa shape index (κ1) is 20.0. The summed E-state index contributed by atoms with van der Waals surface area (Å²) in [5.41, 5.74) is 3.66. The van der Waals surface area contributed by atoms with Gasteiger partial charge < -0.3 is 15.3 Å². The van der Waals surface area contributed by atoms with Crippen LogP contribution in [0.5, 0.6) is 0 Å². The van der Waals surface area contributed by atoms with Crippen LogP contribution in [-0.4, -0.2) is 33.6 Å². The minimum atomic E-state index is -0.386. The fourth-order valence-corrected chi connectivity index (χ4v) is 9.48. The Bertz CT molecular complexity index is 781. The molecule has 10 atom stereocenters. The summed E-state index contributed by atoms with van der Waals surface area (Å²) in [6.45, 7) is 4.98. The van der Waals surface area contributed by atoms with Gasteiger partial charge in [0.15, 0.2) is 0 Å². The average molecular weight is 413 g/mol. The lowest BCUT2D eigenvalue weighted by atomic mass is 9.56. The Hall–Kier alpha value is -0.640. The van der Waals surface area contributed by atoms with E-state index in [-0.39, 0.29) is 18.3 Å². The van der Waals surface area contributed by atoms with Crippen LogP contribution in [0, 0.1) is 46.3 Å². The maximum absolute atomic E-state index is 10.5. The van der Waals surface area contributed by atoms with Gasteiger partial charge >= 0.3 is 0 Å². The van der Waals surface area contributed by atoms with Gasteiger partial charge in [-0.15, -0.1) is 0 Å². The van der Waals surface area contributed by atoms with Gasteiger partial charge in [0, 0.05) is 6.42 Å². The Balaban J connectivity index is 1.24. The van der Waals surface area contributed by atoms with Crippen molar-refractivity contribution in [2.75, 3.05) is 0 Å². The second-order valence-corrected chi connectivity index (χ2v) is 12.2. The molecule has 4 saturated carbocycles. The molecular weight excluding hydrogens is 372 g/mol. The number of fused-ring (bicyclic) bond motifs is 6. The summed E-state index contributed by atoms with van der Waals surface area (Å²) in [6.07, 6.45) is 15.1. The van der Waals surface area contributed by atoms with Crippen LogP contribution in [0.3, 0.4) is 0 Å². The predicted octanol–water partition coefficient (Wildman–Crippen LogP) is 4.61. The molecule has 0 aliphatic heterocycles. The van der Waals surface area contributed by atoms with Crippen molar-refractivity contribution >= 4 is 0 Å². The topological polar surface area (TPSA) is 60.7 Å². The highest BCUT2D eigenvalue weighted by molar-refractivity contribution is 5.43. The van der Waals surface area contributed by atoms with Gasteiger partial charge in [-0.2, -0.15) is 0 Å². The van der Waals surface area contributed by atoms with Crippen LogP contribution in [0.25, 0.3) is 0 Å². The quantitative estimate of drug-likeness (QED) is 0.591. The Morgan fingerprint density at radius 1 is 1.00 bits per heavy atom. The first-order valence-electron chi connectivity index (χ1n) is 12.8. The number of aliphatic hydroxyl groups excluding tert-OH is 3. The maximum atomic E-state index is 10.5. The lowest BCUT2D eigenvalue weighted by Gasteiger charge is -2.49. The van der Waals surface area contributed by atoms with Gasteiger partial charge in [-0.3, -0.25) is 0 Å². The van der Waals surface area contributed by atoms with E-state index in [1.165, 1.54) is 56.1 Å². The van der Waals surface area contributed by atoms with Gasteiger partial charge in [0.1, 0.15) is 0 Å². The van der Waals surface area contributed by atoms with E-state index in [0.29, 0.717) is 35.0 Å². The first-order valence-corrected chi connectivity index (χ1v) is 12.8. The molecule has 3 N–H and O–H groups in total. The molecule has 3 nitrogen and oxygen atoms in total. The summed E-state index contributed by atoms with van der Waals surface area (Å²) in [7, 11) is 0. The van der Waals surface area contributed by atoms with Crippen molar-refractivity contribution in [2.45, 2.75) is 96.4 Å². The Morgan fingerprint density at radius 2 is 1.80 bits per heavy atom. The van der Waals surface area contributed by atoms with Gasteiger partial charge in [-0.1, -0.05) is 38.0 Å². The molecule has 3 heteroatoms. The number of allylic oxidation sites excluding steroid dienone is 1. The third-order valence-corrected chi connectivity index (χ3v) is 10.9. The second-order valence-electron chi connectivity index (χ2n) is 12.2. The van der Waals surface area contributed by atoms with E-state index in [1.54, 1.807) is 0 Å². The van der Waals surface area contributed by atoms with E-state index in [4.69, 9.17) is 0 Å². The smallest absolute Gasteiger partial charge is 0.0777 e. The van der Waals surface area contributed by atoms with Gasteiger partial charge in [-0.25, -0.2) is 0 Å². The number of rotatable bonds is 4. The normalized spacial score (nSPS) is 51.8. The number of aliphatic hydroxyl groups is 3. The van der Waals surface area contributed by atoms with Crippen LogP contribution < -0.4 is 0 Å². The highest BCUT2D eigenvalue weighted by Crippen LogP contribution is 2.82. The van der Waals surface area contributed by atoms with E-state index in [0.717, 1.165) is 30.6 Å². The molecule has 0 saturated heterocycles. The van der Waals surface area contributed by atoms with Crippen molar-refractivity contribution in [3.8, 4) is 0 Å². The Kier molecular flexibility index (Phi) is 4.46. The van der Waals surface area contributed by atoms with Crippen molar-refractivity contribution < 1.29 is 15.3 Å². The molecule has 0 bridgehead atoms. The third kappa shape index (κ3) is 2.67. The molecule has 1 unspecified atom stereocenters. The van der Waals surface area contributed by atoms with E-state index in [2.05, 4.69) is 26.0 Å². The highest BCUT2D eigenvalue weighted by Gasteiger charge is 2.75. The maximum Gasteiger partial charge on any atom is 0.0777 e. The minimum Gasteiger partial charge on any atom is -0.393 e. The second kappa shape index (κ2) is 6.68. The average Bonchev–Trinajstić information content (AvgIpc) is 3.56. The summed E-state index contributed by atoms with van der Waals surface area (Å²) < 4.78 is 0. The van der Waals surface area contributed by atoms with Crippen LogP contribution >= 0.6 is 0 Å². The molecule has 6 aliphatic rings. The molecular formula is C27H40O3. The molecule has 6 aliphatic carbocycles. The van der Waals surface area contributed by atoms with Crippen molar-refractivity contribution in [3.63, 3.8) is 0 Å². The van der Waals surface area contributed by atoms with E-state index < -0.39 is 0 Å². The zero-order valence-corrected chi connectivity index (χ0v) is 18.8. The molecule has 6 rings (SSSR count). The van der Waals surface area contributed by atoms with Crippen molar-refractivity contribution in [1.82, 2.24) is 0 Å². The SMILES string of the molecule is C[C@H](/C=C/[C@@H](O)C1CC1)[C@H]1CC[C@H]2C3(CCC[C@]12C)[C@@H]1CC2=C(C[C@@H](O)C[C@@H]2O)[C@@H]13. The first-order chi connectivity index (χ1) is 14.4. The van der Waals surface area contributed by atoms with Crippen LogP contribution in [0.2, 0.25) is 0 Å². The van der Waals surface area contributed by atoms with Crippen molar-refractivity contribution in [1.29, 1.82) is 0 Å². The van der Waals surface area contributed by atoms with Crippen LogP contribution in [0.15, 0.2) is 23.3 Å². The van der Waals surface area contributed by atoms with Crippen LogP contribution in [0.1, 0.15) is 78.1 Å². The van der Waals surface area contributed by atoms with Crippen molar-refractivity contribution in [2.24, 2.45) is 46.3 Å². The van der Waals surface area contributed by atoms with Gasteiger partial charge in [0.05, 0.1) is 18.3 Å². The Morgan fingerprint density at radius 3 is 2.57 bits per heavy atom. The molecule has 0 aromatic heterocycles. The van der Waals surface area contributed by atoms with Gasteiger partial charge in [0.25, 0.3) is 0 Å². The molecule has 166 valence electrons. The van der Waals surface area contributed by atoms with Crippen molar-refractivity contribution in [3.05, 3.63) is 23.3 Å². The predicted molar refractivity (Wildman–Crippen MR) is 118 cm³/mol. The summed E-state index contributed by atoms with van der Waals surface area (Å²) in [5.74, 6) is 3.98. The standard InChI is InChI=1S/C27H40O3/c1-15(4-8-22(29)16-5-6-16)20-7-9-24-26(20,2)10-3-11-27(24)21-14-18-19(25(21)27)12-17(28)13-23(18)30/h4,8,15-17,20-25,28-30H,3,5-7,9-14H2,1-2H3/b8-4+/t15-,17-,20-,21-,22-,23+,24-,25+,26-,27?/m1/s1. The van der Waals surface area contributed by atoms with Crippen LogP contribution in [-0.2, 0) is 0 Å². The Labute approximate surface area is 181 Å². The fourth-order valence-electron chi connectivity index (χ4n) is 9.48. The molecule has 0 aromatic rings. The molecule has 0 aromatic carbocycles. The largest absolute Gasteiger partial charge is 0.393 e. The zero-order valence-electron chi connectivity index (χ0n) is 18.8. The summed E-state index contributed by atoms with van der Waals surface area (Å²) in [4.78, 5) is 0. The summed E-state index contributed by atoms with van der Waals surface area (Å²) >= 11 is 0. The highest BCUT2D eigenvalue weighted by atomic mass is 16.3. The van der Waals surface area contributed by atoms with Gasteiger partial charge in [0.2, 0.25) is 0 Å². The molecule has 0 heterocycles. The molecule has 0 radical (unpaired) electrons. The molecule has 0 amide bonds.